The fraction of sp³-hybridized carbons (Fsp3) is 0. The highest BCUT2D eigenvalue weighted by atomic mass is 32.2. The van der Waals surface area contributed by atoms with Gasteiger partial charge in [0.25, 0.3) is 0 Å². The summed E-state index contributed by atoms with van der Waals surface area (Å²) in [4.78, 5) is 3.29. The SMILES string of the molecule is C=COc1ccc([S+]2c3ccc(OC=C)cc3Oc3cc(OC=C)ccc32)cc1. The lowest BCUT2D eigenvalue weighted by atomic mass is 10.3. The first-order valence-electron chi connectivity index (χ1n) is 8.86. The molecule has 0 radical (unpaired) electrons. The Kier molecular flexibility index (Phi) is 5.31. The fourth-order valence-electron chi connectivity index (χ4n) is 3.05. The summed E-state index contributed by atoms with van der Waals surface area (Å²) in [6, 6.07) is 19.6. The summed E-state index contributed by atoms with van der Waals surface area (Å²) in [6.45, 7) is 10.8. The van der Waals surface area contributed by atoms with Crippen molar-refractivity contribution in [2.24, 2.45) is 0 Å². The van der Waals surface area contributed by atoms with Crippen molar-refractivity contribution in [3.8, 4) is 28.7 Å². The van der Waals surface area contributed by atoms with E-state index in [1.54, 1.807) is 0 Å². The molecular formula is C24H19O4S+. The first kappa shape index (κ1) is 18.8. The molecule has 0 aliphatic carbocycles. The van der Waals surface area contributed by atoms with Crippen LogP contribution in [0.1, 0.15) is 0 Å². The van der Waals surface area contributed by atoms with Crippen molar-refractivity contribution in [3.05, 3.63) is 99.2 Å². The van der Waals surface area contributed by atoms with E-state index in [-0.39, 0.29) is 10.9 Å². The summed E-state index contributed by atoms with van der Waals surface area (Å²) in [5.41, 5.74) is 0. The Hall–Kier alpha value is -3.57. The van der Waals surface area contributed by atoms with Gasteiger partial charge in [0.15, 0.2) is 16.4 Å². The van der Waals surface area contributed by atoms with Crippen LogP contribution in [0.25, 0.3) is 0 Å². The van der Waals surface area contributed by atoms with Gasteiger partial charge in [0.05, 0.1) is 18.8 Å². The second-order valence-electron chi connectivity index (χ2n) is 5.95. The van der Waals surface area contributed by atoms with E-state index >= 15 is 0 Å². The van der Waals surface area contributed by atoms with Crippen molar-refractivity contribution >= 4 is 10.9 Å². The Morgan fingerprint density at radius 2 is 1.07 bits per heavy atom. The van der Waals surface area contributed by atoms with Gasteiger partial charge >= 0.3 is 0 Å². The van der Waals surface area contributed by atoms with E-state index in [2.05, 4.69) is 31.9 Å². The lowest BCUT2D eigenvalue weighted by Gasteiger charge is -2.21. The van der Waals surface area contributed by atoms with Crippen molar-refractivity contribution in [3.63, 3.8) is 0 Å². The van der Waals surface area contributed by atoms with Crippen LogP contribution >= 0.6 is 0 Å². The molecule has 4 nitrogen and oxygen atoms in total. The number of fused-ring (bicyclic) bond motifs is 2. The molecule has 0 saturated heterocycles. The van der Waals surface area contributed by atoms with Crippen molar-refractivity contribution in [2.75, 3.05) is 0 Å². The van der Waals surface area contributed by atoms with E-state index in [1.165, 1.54) is 18.8 Å². The molecule has 1 aliphatic heterocycles. The second-order valence-corrected chi connectivity index (χ2v) is 7.91. The molecule has 0 spiro atoms. The predicted octanol–water partition coefficient (Wildman–Crippen LogP) is 6.45. The quantitative estimate of drug-likeness (QED) is 0.262. The smallest absolute Gasteiger partial charge is 0.209 e. The zero-order valence-corrected chi connectivity index (χ0v) is 16.5. The molecule has 3 aromatic rings. The maximum absolute atomic E-state index is 6.21. The highest BCUT2D eigenvalue weighted by Gasteiger charge is 2.40. The zero-order valence-electron chi connectivity index (χ0n) is 15.7. The Bertz CT molecular complexity index is 1010. The van der Waals surface area contributed by atoms with Gasteiger partial charge < -0.3 is 18.9 Å². The van der Waals surface area contributed by atoms with Crippen LogP contribution in [0, 0.1) is 0 Å². The minimum Gasteiger partial charge on any atom is -0.466 e. The van der Waals surface area contributed by atoms with Crippen LogP contribution in [0.15, 0.2) is 114 Å². The van der Waals surface area contributed by atoms with Crippen LogP contribution in [0.2, 0.25) is 0 Å². The second kappa shape index (κ2) is 8.20. The van der Waals surface area contributed by atoms with E-state index in [0.717, 1.165) is 31.9 Å². The summed E-state index contributed by atoms with van der Waals surface area (Å²) in [7, 11) is -0.364. The number of rotatable bonds is 7. The van der Waals surface area contributed by atoms with Gasteiger partial charge in [0.2, 0.25) is 9.79 Å². The van der Waals surface area contributed by atoms with Gasteiger partial charge in [-0.25, -0.2) is 0 Å². The molecule has 5 heteroatoms. The van der Waals surface area contributed by atoms with E-state index < -0.39 is 0 Å². The number of hydrogen-bond acceptors (Lipinski definition) is 4. The third-order valence-corrected chi connectivity index (χ3v) is 6.51. The molecule has 4 rings (SSSR count). The molecule has 0 amide bonds. The summed E-state index contributed by atoms with van der Waals surface area (Å²) in [6.07, 6.45) is 4.21. The number of hydrogen-bond donors (Lipinski definition) is 0. The highest BCUT2D eigenvalue weighted by Crippen LogP contribution is 2.49. The Morgan fingerprint density at radius 3 is 1.55 bits per heavy atom. The first-order chi connectivity index (χ1) is 14.2. The fourth-order valence-corrected chi connectivity index (χ4v) is 5.22. The van der Waals surface area contributed by atoms with Crippen molar-refractivity contribution in [1.82, 2.24) is 0 Å². The van der Waals surface area contributed by atoms with Crippen LogP contribution in [0.4, 0.5) is 0 Å². The largest absolute Gasteiger partial charge is 0.466 e. The van der Waals surface area contributed by atoms with E-state index in [1.807, 2.05) is 48.5 Å². The Balaban J connectivity index is 1.83. The highest BCUT2D eigenvalue weighted by molar-refractivity contribution is 7.97. The van der Waals surface area contributed by atoms with Gasteiger partial charge in [0, 0.05) is 24.3 Å². The van der Waals surface area contributed by atoms with E-state index in [9.17, 15) is 0 Å². The third-order valence-electron chi connectivity index (χ3n) is 4.21. The van der Waals surface area contributed by atoms with Gasteiger partial charge in [0.1, 0.15) is 28.1 Å². The minimum atomic E-state index is -0.364. The molecule has 0 fully saturated rings. The number of benzene rings is 3. The Morgan fingerprint density at radius 1 is 0.621 bits per heavy atom. The van der Waals surface area contributed by atoms with Crippen LogP contribution in [0.5, 0.6) is 28.7 Å². The Labute approximate surface area is 172 Å². The monoisotopic (exact) mass is 403 g/mol. The van der Waals surface area contributed by atoms with Gasteiger partial charge in [-0.2, -0.15) is 0 Å². The maximum atomic E-state index is 6.21. The first-order valence-corrected chi connectivity index (χ1v) is 10.1. The maximum Gasteiger partial charge on any atom is 0.209 e. The summed E-state index contributed by atoms with van der Waals surface area (Å²) < 4.78 is 22.4. The van der Waals surface area contributed by atoms with Crippen LogP contribution in [-0.4, -0.2) is 0 Å². The molecule has 1 aliphatic rings. The summed E-state index contributed by atoms with van der Waals surface area (Å²) >= 11 is 0. The average molecular weight is 403 g/mol. The standard InChI is InChI=1S/C24H19O4S/c1-4-25-17-7-11-20(12-8-17)29-23-13-9-18(26-5-2)15-21(23)28-22-16-19(27-6-3)10-14-24(22)29/h4-16H,1-3H2/q+1. The van der Waals surface area contributed by atoms with Gasteiger partial charge in [-0.1, -0.05) is 19.7 Å². The van der Waals surface area contributed by atoms with Crippen LogP contribution in [0.3, 0.4) is 0 Å². The molecule has 0 saturated carbocycles. The summed E-state index contributed by atoms with van der Waals surface area (Å²) in [5, 5.41) is 0. The predicted molar refractivity (Wildman–Crippen MR) is 114 cm³/mol. The molecule has 0 bridgehead atoms. The molecule has 3 aromatic carbocycles. The van der Waals surface area contributed by atoms with Gasteiger partial charge in [-0.05, 0) is 36.4 Å². The molecule has 0 atom stereocenters. The van der Waals surface area contributed by atoms with Gasteiger partial charge in [-0.15, -0.1) is 0 Å². The zero-order chi connectivity index (χ0) is 20.2. The molecule has 0 unspecified atom stereocenters. The topological polar surface area (TPSA) is 36.9 Å². The lowest BCUT2D eigenvalue weighted by molar-refractivity contribution is 0.432. The van der Waals surface area contributed by atoms with E-state index in [4.69, 9.17) is 18.9 Å². The normalized spacial score (nSPS) is 12.0. The molecule has 29 heavy (non-hydrogen) atoms. The lowest BCUT2D eigenvalue weighted by Crippen LogP contribution is -2.12. The molecule has 1 heterocycles. The molecule has 0 N–H and O–H groups in total. The van der Waals surface area contributed by atoms with Crippen molar-refractivity contribution in [2.45, 2.75) is 14.7 Å². The minimum absolute atomic E-state index is 0.364. The summed E-state index contributed by atoms with van der Waals surface area (Å²) in [5.74, 6) is 3.55. The van der Waals surface area contributed by atoms with Crippen LogP contribution < -0.4 is 18.9 Å². The third kappa shape index (κ3) is 3.73. The molecule has 0 aromatic heterocycles. The molecular weight excluding hydrogens is 384 g/mol. The average Bonchev–Trinajstić information content (AvgIpc) is 2.73. The van der Waals surface area contributed by atoms with Crippen molar-refractivity contribution in [1.29, 1.82) is 0 Å². The van der Waals surface area contributed by atoms with Gasteiger partial charge in [-0.3, -0.25) is 0 Å². The van der Waals surface area contributed by atoms with Crippen molar-refractivity contribution < 1.29 is 18.9 Å². The molecule has 144 valence electrons. The number of ether oxygens (including phenoxy) is 4. The van der Waals surface area contributed by atoms with Crippen LogP contribution in [-0.2, 0) is 10.9 Å². The van der Waals surface area contributed by atoms with E-state index in [0.29, 0.717) is 11.5 Å².